The van der Waals surface area contributed by atoms with Crippen molar-refractivity contribution in [3.63, 3.8) is 0 Å². The fourth-order valence-electron chi connectivity index (χ4n) is 3.59. The van der Waals surface area contributed by atoms with Crippen molar-refractivity contribution < 1.29 is 14.0 Å². The van der Waals surface area contributed by atoms with Crippen molar-refractivity contribution in [3.8, 4) is 0 Å². The molecule has 0 spiro atoms. The van der Waals surface area contributed by atoms with Crippen molar-refractivity contribution in [2.45, 2.75) is 46.8 Å². The summed E-state index contributed by atoms with van der Waals surface area (Å²) in [6, 6.07) is 9.62. The van der Waals surface area contributed by atoms with Crippen LogP contribution in [0.1, 0.15) is 59.1 Å². The molecule has 35 heavy (non-hydrogen) atoms. The van der Waals surface area contributed by atoms with Crippen LogP contribution in [-0.4, -0.2) is 21.4 Å². The maximum absolute atomic E-state index is 14.5. The van der Waals surface area contributed by atoms with E-state index in [-0.39, 0.29) is 30.4 Å². The number of amides is 2. The van der Waals surface area contributed by atoms with Gasteiger partial charge in [-0.25, -0.2) is 4.39 Å². The van der Waals surface area contributed by atoms with E-state index in [9.17, 15) is 18.8 Å². The first-order valence-electron chi connectivity index (χ1n) is 11.4. The number of aromatic nitrogens is 2. The highest BCUT2D eigenvalue weighted by molar-refractivity contribution is 5.93. The maximum atomic E-state index is 14.5. The molecule has 3 rings (SSSR count). The summed E-state index contributed by atoms with van der Waals surface area (Å²) in [6.45, 7) is 5.88. The van der Waals surface area contributed by atoms with Crippen LogP contribution in [0.5, 0.6) is 0 Å². The van der Waals surface area contributed by atoms with Crippen molar-refractivity contribution >= 4 is 17.9 Å². The van der Waals surface area contributed by atoms with Crippen molar-refractivity contribution in [3.05, 3.63) is 105 Å². The normalized spacial score (nSPS) is 11.0. The van der Waals surface area contributed by atoms with Gasteiger partial charge in [0, 0.05) is 37.5 Å². The van der Waals surface area contributed by atoms with E-state index in [0.29, 0.717) is 29.8 Å². The fraction of sp³-hybridized carbons (Fsp3) is 0.259. The first-order valence-corrected chi connectivity index (χ1v) is 11.4. The number of rotatable bonds is 9. The van der Waals surface area contributed by atoms with E-state index in [1.807, 2.05) is 32.1 Å². The summed E-state index contributed by atoms with van der Waals surface area (Å²) in [5.41, 5.74) is 3.71. The second-order valence-electron chi connectivity index (χ2n) is 8.13. The minimum atomic E-state index is -0.408. The highest BCUT2D eigenvalue weighted by Gasteiger charge is 2.12. The molecule has 182 valence electrons. The Hall–Kier alpha value is -4.07. The average Bonchev–Trinajstić information content (AvgIpc) is 2.84. The van der Waals surface area contributed by atoms with Crippen LogP contribution in [0.3, 0.4) is 0 Å². The average molecular weight is 477 g/mol. The summed E-state index contributed by atoms with van der Waals surface area (Å²) in [7, 11) is 0. The molecule has 1 aromatic carbocycles. The molecule has 0 saturated carbocycles. The van der Waals surface area contributed by atoms with Crippen LogP contribution < -0.4 is 16.2 Å². The molecule has 0 aliphatic heterocycles. The van der Waals surface area contributed by atoms with Crippen molar-refractivity contribution in [2.75, 3.05) is 0 Å². The lowest BCUT2D eigenvalue weighted by molar-refractivity contribution is -0.119. The molecule has 2 heterocycles. The van der Waals surface area contributed by atoms with Gasteiger partial charge in [0.05, 0.1) is 24.3 Å². The summed E-state index contributed by atoms with van der Waals surface area (Å²) in [5.74, 6) is -0.916. The maximum Gasteiger partial charge on any atom is 0.253 e. The number of benzene rings is 1. The molecule has 0 atom stereocenters. The predicted molar refractivity (Wildman–Crippen MR) is 133 cm³/mol. The third-order valence-corrected chi connectivity index (χ3v) is 5.48. The zero-order valence-electron chi connectivity index (χ0n) is 20.1. The number of carbonyl (C=O) groups excluding carboxylic acids is 2. The Morgan fingerprint density at radius 1 is 1.09 bits per heavy atom. The Morgan fingerprint density at radius 2 is 1.89 bits per heavy atom. The van der Waals surface area contributed by atoms with Crippen molar-refractivity contribution in [1.82, 2.24) is 20.2 Å². The van der Waals surface area contributed by atoms with Crippen LogP contribution in [0.4, 0.5) is 4.39 Å². The minimum absolute atomic E-state index is 0.0258. The Kier molecular flexibility index (Phi) is 8.67. The van der Waals surface area contributed by atoms with E-state index in [4.69, 9.17) is 0 Å². The third kappa shape index (κ3) is 6.96. The SMILES string of the molecule is C/C=C\c1cc(CNC(=O)c2ccc(=O)n(Cc3ccc(CNC(C)=O)nc3)c2)c(F)cc1CC. The lowest BCUT2D eigenvalue weighted by atomic mass is 10.0. The number of nitrogens with one attached hydrogen (secondary N) is 2. The summed E-state index contributed by atoms with van der Waals surface area (Å²) < 4.78 is 16.0. The zero-order chi connectivity index (χ0) is 25.4. The molecular weight excluding hydrogens is 447 g/mol. The summed E-state index contributed by atoms with van der Waals surface area (Å²) in [6.07, 6.45) is 7.62. The molecule has 0 aliphatic rings. The standard InChI is InChI=1S/C27H29FN4O3/c1-4-6-21-11-23(25(28)12-20(21)5-2)14-31-27(35)22-8-10-26(34)32(17-22)16-19-7-9-24(30-13-19)15-29-18(3)33/h4,6-13,17H,5,14-16H2,1-3H3,(H,29,33)(H,31,35)/b6-4-. The molecule has 0 aliphatic carbocycles. The molecule has 2 aromatic heterocycles. The molecule has 2 N–H and O–H groups in total. The van der Waals surface area contributed by atoms with E-state index >= 15 is 0 Å². The van der Waals surface area contributed by atoms with Gasteiger partial charge in [0.1, 0.15) is 5.82 Å². The summed E-state index contributed by atoms with van der Waals surface area (Å²) in [5, 5.41) is 5.41. The summed E-state index contributed by atoms with van der Waals surface area (Å²) >= 11 is 0. The number of aryl methyl sites for hydroxylation is 1. The minimum Gasteiger partial charge on any atom is -0.351 e. The number of pyridine rings is 2. The fourth-order valence-corrected chi connectivity index (χ4v) is 3.59. The number of hydrogen-bond donors (Lipinski definition) is 2. The Bertz CT molecular complexity index is 1300. The van der Waals surface area contributed by atoms with Gasteiger partial charge in [-0.05, 0) is 54.3 Å². The van der Waals surface area contributed by atoms with Gasteiger partial charge in [-0.2, -0.15) is 0 Å². The quantitative estimate of drug-likeness (QED) is 0.494. The van der Waals surface area contributed by atoms with Gasteiger partial charge < -0.3 is 15.2 Å². The molecule has 0 fully saturated rings. The van der Waals surface area contributed by atoms with Crippen LogP contribution >= 0.6 is 0 Å². The zero-order valence-corrected chi connectivity index (χ0v) is 20.1. The largest absolute Gasteiger partial charge is 0.351 e. The van der Waals surface area contributed by atoms with Crippen LogP contribution in [0.25, 0.3) is 6.08 Å². The van der Waals surface area contributed by atoms with Gasteiger partial charge in [-0.3, -0.25) is 19.4 Å². The summed E-state index contributed by atoms with van der Waals surface area (Å²) in [4.78, 5) is 40.4. The Labute approximate surface area is 203 Å². The van der Waals surface area contributed by atoms with Gasteiger partial charge in [-0.15, -0.1) is 0 Å². The van der Waals surface area contributed by atoms with E-state index in [2.05, 4.69) is 15.6 Å². The molecule has 0 radical (unpaired) electrons. The predicted octanol–water partition coefficient (Wildman–Crippen LogP) is 3.59. The Morgan fingerprint density at radius 3 is 2.54 bits per heavy atom. The molecule has 7 nitrogen and oxygen atoms in total. The molecule has 2 amide bonds. The number of nitrogens with zero attached hydrogens (tertiary/aromatic N) is 2. The first-order chi connectivity index (χ1) is 16.8. The topological polar surface area (TPSA) is 93.1 Å². The smallest absolute Gasteiger partial charge is 0.253 e. The molecular formula is C27H29FN4O3. The Balaban J connectivity index is 1.70. The molecule has 8 heteroatoms. The van der Waals surface area contributed by atoms with E-state index in [1.165, 1.54) is 35.9 Å². The number of allylic oxidation sites excluding steroid dienone is 1. The van der Waals surface area contributed by atoms with Crippen molar-refractivity contribution in [2.24, 2.45) is 0 Å². The molecule has 0 unspecified atom stereocenters. The first kappa shape index (κ1) is 25.6. The van der Waals surface area contributed by atoms with Crippen LogP contribution in [0.2, 0.25) is 0 Å². The van der Waals surface area contributed by atoms with Crippen LogP contribution in [-0.2, 0) is 30.8 Å². The molecule has 3 aromatic rings. The van der Waals surface area contributed by atoms with Crippen LogP contribution in [0.15, 0.2) is 59.7 Å². The van der Waals surface area contributed by atoms with Crippen LogP contribution in [0, 0.1) is 5.82 Å². The lowest BCUT2D eigenvalue weighted by Crippen LogP contribution is -2.27. The van der Waals surface area contributed by atoms with E-state index in [0.717, 1.165) is 16.7 Å². The van der Waals surface area contributed by atoms with Gasteiger partial charge in [-0.1, -0.05) is 25.1 Å². The van der Waals surface area contributed by atoms with Crippen molar-refractivity contribution in [1.29, 1.82) is 0 Å². The second kappa shape index (κ2) is 11.9. The van der Waals surface area contributed by atoms with Gasteiger partial charge in [0.25, 0.3) is 11.5 Å². The number of carbonyl (C=O) groups is 2. The monoisotopic (exact) mass is 476 g/mol. The van der Waals surface area contributed by atoms with Gasteiger partial charge >= 0.3 is 0 Å². The van der Waals surface area contributed by atoms with E-state index in [1.54, 1.807) is 18.3 Å². The van der Waals surface area contributed by atoms with Gasteiger partial charge in [0.2, 0.25) is 5.91 Å². The van der Waals surface area contributed by atoms with E-state index < -0.39 is 5.91 Å². The molecule has 0 saturated heterocycles. The van der Waals surface area contributed by atoms with Gasteiger partial charge in [0.15, 0.2) is 0 Å². The number of hydrogen-bond acceptors (Lipinski definition) is 4. The second-order valence-corrected chi connectivity index (χ2v) is 8.13. The molecule has 0 bridgehead atoms. The highest BCUT2D eigenvalue weighted by atomic mass is 19.1. The lowest BCUT2D eigenvalue weighted by Gasteiger charge is -2.12. The highest BCUT2D eigenvalue weighted by Crippen LogP contribution is 2.18. The number of halogens is 1. The third-order valence-electron chi connectivity index (χ3n) is 5.48.